The molecule has 284 valence electrons. The van der Waals surface area contributed by atoms with Crippen LogP contribution in [0.25, 0.3) is 22.3 Å². The first-order chi connectivity index (χ1) is 25.5. The molecule has 13 heteroatoms. The van der Waals surface area contributed by atoms with Gasteiger partial charge in [-0.05, 0) is 101 Å². The van der Waals surface area contributed by atoms with E-state index in [1.165, 1.54) is 10.5 Å². The second-order valence-electron chi connectivity index (χ2n) is 14.2. The van der Waals surface area contributed by atoms with Gasteiger partial charge in [0.2, 0.25) is 11.8 Å². The van der Waals surface area contributed by atoms with E-state index in [1.54, 1.807) is 11.9 Å². The third kappa shape index (κ3) is 9.30. The lowest BCUT2D eigenvalue weighted by atomic mass is 10.0. The van der Waals surface area contributed by atoms with Crippen LogP contribution >= 0.6 is 11.9 Å². The number of nitrogens with zero attached hydrogens (tertiary/aromatic N) is 6. The summed E-state index contributed by atoms with van der Waals surface area (Å²) in [6.45, 7) is 17.2. The summed E-state index contributed by atoms with van der Waals surface area (Å²) in [6.07, 6.45) is 4.60. The van der Waals surface area contributed by atoms with Gasteiger partial charge in [-0.1, -0.05) is 47.4 Å². The molecule has 53 heavy (non-hydrogen) atoms. The molecule has 4 aromatic rings. The Balaban J connectivity index is 0.860. The second kappa shape index (κ2) is 17.6. The second-order valence-corrected chi connectivity index (χ2v) is 16.8. The van der Waals surface area contributed by atoms with Crippen LogP contribution in [0.5, 0.6) is 0 Å². The van der Waals surface area contributed by atoms with Crippen LogP contribution in [0.1, 0.15) is 72.6 Å². The van der Waals surface area contributed by atoms with Gasteiger partial charge in [0.1, 0.15) is 22.5 Å². The predicted molar refractivity (Wildman–Crippen MR) is 209 cm³/mol. The van der Waals surface area contributed by atoms with E-state index in [9.17, 15) is 13.8 Å². The summed E-state index contributed by atoms with van der Waals surface area (Å²) in [4.78, 5) is 31.9. The van der Waals surface area contributed by atoms with Crippen LogP contribution in [-0.2, 0) is 20.6 Å². The highest BCUT2D eigenvalue weighted by Gasteiger charge is 2.27. The van der Waals surface area contributed by atoms with Gasteiger partial charge >= 0.3 is 0 Å². The van der Waals surface area contributed by atoms with Gasteiger partial charge in [-0.25, -0.2) is 12.8 Å². The van der Waals surface area contributed by atoms with Crippen LogP contribution in [-0.4, -0.2) is 97.1 Å². The minimum Gasteiger partial charge on any atom is -0.361 e. The van der Waals surface area contributed by atoms with Gasteiger partial charge in [-0.15, -0.1) is 0 Å². The number of amides is 2. The van der Waals surface area contributed by atoms with E-state index < -0.39 is 11.0 Å². The first-order valence-electron chi connectivity index (χ1n) is 18.7. The summed E-state index contributed by atoms with van der Waals surface area (Å²) in [6, 6.07) is 12.5. The first-order valence-corrected chi connectivity index (χ1v) is 20.6. The van der Waals surface area contributed by atoms with Crippen LogP contribution in [0.15, 0.2) is 55.2 Å². The van der Waals surface area contributed by atoms with Crippen LogP contribution in [0.2, 0.25) is 0 Å². The number of aromatic nitrogens is 2. The predicted octanol–water partition coefficient (Wildman–Crippen LogP) is 7.21. The molecule has 1 unspecified atom stereocenters. The Morgan fingerprint density at radius 2 is 1.15 bits per heavy atom. The standard InChI is InChI=1S/C40H52N6O5S2/c1-27-13-15-33(39-29(3)41-50-31(39)5)25-35(27)52-45-21-17-43(18-22-45)37(47)11-9-7-8-10-12-38(48)44-19-23-46(24-20-44)53(49)36-26-34(16-14-28(36)2)40-30(4)42-51-32(40)6/h13-16,25-26H,7-12,17-24H2,1-6H3. The van der Waals surface area contributed by atoms with E-state index >= 15 is 0 Å². The fourth-order valence-corrected chi connectivity index (χ4v) is 9.58. The molecular formula is C40H52N6O5S2. The Morgan fingerprint density at radius 1 is 0.660 bits per heavy atom. The molecule has 2 aromatic carbocycles. The summed E-state index contributed by atoms with van der Waals surface area (Å²) in [5.74, 6) is 1.95. The molecule has 2 fully saturated rings. The third-order valence-corrected chi connectivity index (χ3v) is 13.3. The fraction of sp³-hybridized carbons (Fsp3) is 0.500. The summed E-state index contributed by atoms with van der Waals surface area (Å²) >= 11 is 1.76. The van der Waals surface area contributed by atoms with Gasteiger partial charge in [0.15, 0.2) is 0 Å². The molecule has 2 aliphatic rings. The summed E-state index contributed by atoms with van der Waals surface area (Å²) in [7, 11) is -1.32. The van der Waals surface area contributed by atoms with Gasteiger partial charge in [0.05, 0.1) is 16.3 Å². The Kier molecular flexibility index (Phi) is 12.9. The maximum Gasteiger partial charge on any atom is 0.222 e. The molecule has 0 bridgehead atoms. The number of carbonyl (C=O) groups excluding carboxylic acids is 2. The number of rotatable bonds is 13. The van der Waals surface area contributed by atoms with Gasteiger partial charge in [-0.3, -0.25) is 9.59 Å². The summed E-state index contributed by atoms with van der Waals surface area (Å²) < 4.78 is 28.7. The average molecular weight is 761 g/mol. The van der Waals surface area contributed by atoms with Crippen molar-refractivity contribution in [1.29, 1.82) is 0 Å². The molecule has 0 aliphatic carbocycles. The van der Waals surface area contributed by atoms with E-state index in [4.69, 9.17) is 9.05 Å². The minimum atomic E-state index is -1.32. The van der Waals surface area contributed by atoms with Crippen molar-refractivity contribution in [2.24, 2.45) is 0 Å². The number of unbranched alkanes of at least 4 members (excludes halogenated alkanes) is 3. The molecule has 0 radical (unpaired) electrons. The Bertz CT molecular complexity index is 1900. The third-order valence-electron chi connectivity index (χ3n) is 10.4. The molecule has 0 spiro atoms. The number of aryl methyl sites for hydroxylation is 6. The molecule has 6 rings (SSSR count). The summed E-state index contributed by atoms with van der Waals surface area (Å²) in [5.41, 5.74) is 7.97. The molecule has 2 aliphatic heterocycles. The number of benzene rings is 2. The van der Waals surface area contributed by atoms with Gasteiger partial charge in [-0.2, -0.15) is 0 Å². The zero-order valence-corrected chi connectivity index (χ0v) is 33.5. The fourth-order valence-electron chi connectivity index (χ4n) is 7.22. The number of hydrogen-bond donors (Lipinski definition) is 0. The quantitative estimate of drug-likeness (QED) is 0.103. The number of hydrogen-bond acceptors (Lipinski definition) is 9. The normalized spacial score (nSPS) is 16.3. The van der Waals surface area contributed by atoms with E-state index in [0.717, 1.165) is 107 Å². The van der Waals surface area contributed by atoms with Crippen molar-refractivity contribution in [3.05, 3.63) is 70.4 Å². The lowest BCUT2D eigenvalue weighted by Crippen LogP contribution is -2.49. The topological polar surface area (TPSA) is 116 Å². The molecular weight excluding hydrogens is 709 g/mol. The molecule has 1 atom stereocenters. The molecule has 2 aromatic heterocycles. The van der Waals surface area contributed by atoms with E-state index in [-0.39, 0.29) is 11.8 Å². The lowest BCUT2D eigenvalue weighted by Gasteiger charge is -2.34. The van der Waals surface area contributed by atoms with E-state index in [0.29, 0.717) is 39.0 Å². The highest BCUT2D eigenvalue weighted by molar-refractivity contribution is 7.97. The van der Waals surface area contributed by atoms with Crippen molar-refractivity contribution in [2.45, 2.75) is 89.9 Å². The zero-order valence-electron chi connectivity index (χ0n) is 31.9. The Labute approximate surface area is 320 Å². The SMILES string of the molecule is Cc1ccc(-c2c(C)noc2C)cc1SN1CCN(C(=O)CCCCCCC(=O)N2CCN(S(=O)c3cc(-c4c(C)noc4C)ccc3C)CC2)CC1. The van der Waals surface area contributed by atoms with Crippen LogP contribution in [0, 0.1) is 41.5 Å². The molecule has 0 N–H and O–H groups in total. The van der Waals surface area contributed by atoms with Crippen molar-refractivity contribution >= 4 is 34.7 Å². The first kappa shape index (κ1) is 38.9. The Morgan fingerprint density at radius 3 is 1.66 bits per heavy atom. The van der Waals surface area contributed by atoms with Gasteiger partial charge in [0.25, 0.3) is 0 Å². The van der Waals surface area contributed by atoms with E-state index in [2.05, 4.69) is 39.7 Å². The number of piperazine rings is 2. The zero-order chi connectivity index (χ0) is 37.6. The van der Waals surface area contributed by atoms with Crippen molar-refractivity contribution in [2.75, 3.05) is 52.4 Å². The van der Waals surface area contributed by atoms with Crippen molar-refractivity contribution in [1.82, 2.24) is 28.7 Å². The van der Waals surface area contributed by atoms with Crippen molar-refractivity contribution in [3.63, 3.8) is 0 Å². The molecule has 11 nitrogen and oxygen atoms in total. The summed E-state index contributed by atoms with van der Waals surface area (Å²) in [5, 5.41) is 8.18. The number of carbonyl (C=O) groups is 2. The highest BCUT2D eigenvalue weighted by Crippen LogP contribution is 2.34. The largest absolute Gasteiger partial charge is 0.361 e. The van der Waals surface area contributed by atoms with Crippen LogP contribution in [0.4, 0.5) is 0 Å². The Hall–Kier alpha value is -3.78. The average Bonchev–Trinajstić information content (AvgIpc) is 3.68. The van der Waals surface area contributed by atoms with Crippen molar-refractivity contribution in [3.8, 4) is 22.3 Å². The maximum atomic E-state index is 13.6. The van der Waals surface area contributed by atoms with E-state index in [1.807, 2.05) is 66.9 Å². The van der Waals surface area contributed by atoms with Gasteiger partial charge < -0.3 is 18.8 Å². The lowest BCUT2D eigenvalue weighted by molar-refractivity contribution is -0.133. The van der Waals surface area contributed by atoms with Gasteiger partial charge in [0, 0.05) is 81.2 Å². The highest BCUT2D eigenvalue weighted by atomic mass is 32.2. The smallest absolute Gasteiger partial charge is 0.222 e. The minimum absolute atomic E-state index is 0.157. The van der Waals surface area contributed by atoms with Crippen molar-refractivity contribution < 1.29 is 22.8 Å². The molecule has 2 amide bonds. The van der Waals surface area contributed by atoms with Crippen LogP contribution < -0.4 is 0 Å². The van der Waals surface area contributed by atoms with Crippen LogP contribution in [0.3, 0.4) is 0 Å². The molecule has 2 saturated heterocycles. The monoisotopic (exact) mass is 760 g/mol. The molecule has 4 heterocycles. The maximum absolute atomic E-state index is 13.6. The molecule has 0 saturated carbocycles.